The first-order valence-electron chi connectivity index (χ1n) is 4.51. The third-order valence-corrected chi connectivity index (χ3v) is 2.25. The van der Waals surface area contributed by atoms with Gasteiger partial charge in [0, 0.05) is 6.54 Å². The van der Waals surface area contributed by atoms with Crippen LogP contribution in [0, 0.1) is 0 Å². The highest BCUT2D eigenvalue weighted by Gasteiger charge is 2.29. The molecule has 2 N–H and O–H groups in total. The van der Waals surface area contributed by atoms with Gasteiger partial charge >= 0.3 is 6.03 Å². The van der Waals surface area contributed by atoms with Gasteiger partial charge in [-0.3, -0.25) is 15.0 Å². The van der Waals surface area contributed by atoms with Gasteiger partial charge in [-0.1, -0.05) is 13.8 Å². The predicted octanol–water partition coefficient (Wildman–Crippen LogP) is -0.464. The van der Waals surface area contributed by atoms with Crippen molar-refractivity contribution in [1.29, 1.82) is 0 Å². The van der Waals surface area contributed by atoms with Gasteiger partial charge in [0.15, 0.2) is 0 Å². The lowest BCUT2D eigenvalue weighted by Gasteiger charge is -2.31. The average molecular weight is 185 g/mol. The summed E-state index contributed by atoms with van der Waals surface area (Å²) >= 11 is 0. The highest BCUT2D eigenvalue weighted by Crippen LogP contribution is 2.01. The van der Waals surface area contributed by atoms with Crippen LogP contribution in [-0.4, -0.2) is 42.5 Å². The van der Waals surface area contributed by atoms with E-state index in [9.17, 15) is 9.59 Å². The zero-order valence-electron chi connectivity index (χ0n) is 7.96. The molecule has 0 aromatic carbocycles. The van der Waals surface area contributed by atoms with Gasteiger partial charge in [-0.15, -0.1) is 0 Å². The molecule has 74 valence electrons. The van der Waals surface area contributed by atoms with Gasteiger partial charge in [-0.2, -0.15) is 0 Å². The van der Waals surface area contributed by atoms with Crippen LogP contribution in [0.15, 0.2) is 0 Å². The molecule has 1 unspecified atom stereocenters. The van der Waals surface area contributed by atoms with Crippen molar-refractivity contribution < 1.29 is 9.59 Å². The Morgan fingerprint density at radius 2 is 2.00 bits per heavy atom. The number of hydrogen-bond acceptors (Lipinski definition) is 3. The van der Waals surface area contributed by atoms with E-state index >= 15 is 0 Å². The van der Waals surface area contributed by atoms with Crippen LogP contribution in [0.1, 0.15) is 13.8 Å². The van der Waals surface area contributed by atoms with Crippen LogP contribution in [0.3, 0.4) is 0 Å². The van der Waals surface area contributed by atoms with E-state index in [0.717, 1.165) is 13.1 Å². The number of nitrogens with one attached hydrogen (secondary N) is 2. The van der Waals surface area contributed by atoms with Crippen LogP contribution in [0.4, 0.5) is 4.79 Å². The lowest BCUT2D eigenvalue weighted by molar-refractivity contribution is -0.125. The molecule has 0 spiro atoms. The maximum absolute atomic E-state index is 11.4. The van der Waals surface area contributed by atoms with Crippen LogP contribution in [0.25, 0.3) is 0 Å². The summed E-state index contributed by atoms with van der Waals surface area (Å²) in [4.78, 5) is 24.1. The molecule has 0 saturated carbocycles. The summed E-state index contributed by atoms with van der Waals surface area (Å²) < 4.78 is 0. The fourth-order valence-corrected chi connectivity index (χ4v) is 1.48. The fourth-order valence-electron chi connectivity index (χ4n) is 1.48. The Morgan fingerprint density at radius 1 is 1.38 bits per heavy atom. The van der Waals surface area contributed by atoms with Crippen LogP contribution >= 0.6 is 0 Å². The van der Waals surface area contributed by atoms with Gasteiger partial charge in [0.2, 0.25) is 5.91 Å². The highest BCUT2D eigenvalue weighted by molar-refractivity contribution is 5.99. The lowest BCUT2D eigenvalue weighted by Crippen LogP contribution is -2.60. The van der Waals surface area contributed by atoms with Gasteiger partial charge in [-0.25, -0.2) is 4.79 Å². The topological polar surface area (TPSA) is 61.4 Å². The smallest absolute Gasteiger partial charge is 0.321 e. The van der Waals surface area contributed by atoms with Gasteiger partial charge in [0.25, 0.3) is 0 Å². The Morgan fingerprint density at radius 3 is 2.46 bits per heavy atom. The van der Waals surface area contributed by atoms with Crippen molar-refractivity contribution in [3.63, 3.8) is 0 Å². The Labute approximate surface area is 77.5 Å². The zero-order valence-corrected chi connectivity index (χ0v) is 7.96. The largest absolute Gasteiger partial charge is 0.336 e. The molecule has 1 heterocycles. The van der Waals surface area contributed by atoms with E-state index in [1.54, 1.807) is 0 Å². The van der Waals surface area contributed by atoms with E-state index in [1.807, 2.05) is 18.7 Å². The first kappa shape index (κ1) is 9.98. The van der Waals surface area contributed by atoms with Crippen molar-refractivity contribution in [2.24, 2.45) is 0 Å². The fraction of sp³-hybridized carbons (Fsp3) is 0.750. The second-order valence-corrected chi connectivity index (χ2v) is 2.94. The van der Waals surface area contributed by atoms with E-state index in [0.29, 0.717) is 6.54 Å². The number of carbonyl (C=O) groups is 2. The number of nitrogens with zero attached hydrogens (tertiary/aromatic N) is 1. The molecule has 1 aliphatic rings. The molecule has 0 aromatic rings. The first-order chi connectivity index (χ1) is 6.19. The predicted molar refractivity (Wildman–Crippen MR) is 48.3 cm³/mol. The van der Waals surface area contributed by atoms with E-state index in [1.165, 1.54) is 0 Å². The standard InChI is InChI=1S/C8H15N3O2/c1-3-11(4-2)6-5-9-8(13)10-7(6)12/h6H,3-5H2,1-2H3,(H2,9,10,12,13). The van der Waals surface area contributed by atoms with Crippen molar-refractivity contribution in [2.45, 2.75) is 19.9 Å². The summed E-state index contributed by atoms with van der Waals surface area (Å²) in [5.41, 5.74) is 0. The van der Waals surface area contributed by atoms with Gasteiger partial charge < -0.3 is 5.32 Å². The van der Waals surface area contributed by atoms with Crippen molar-refractivity contribution in [3.8, 4) is 0 Å². The maximum Gasteiger partial charge on any atom is 0.321 e. The van der Waals surface area contributed by atoms with Crippen molar-refractivity contribution in [2.75, 3.05) is 19.6 Å². The molecule has 0 aliphatic carbocycles. The van der Waals surface area contributed by atoms with Crippen molar-refractivity contribution in [3.05, 3.63) is 0 Å². The lowest BCUT2D eigenvalue weighted by atomic mass is 10.2. The number of carbonyl (C=O) groups excluding carboxylic acids is 2. The van der Waals surface area contributed by atoms with E-state index in [2.05, 4.69) is 10.6 Å². The summed E-state index contributed by atoms with van der Waals surface area (Å²) in [6.45, 7) is 6.02. The molecule has 5 nitrogen and oxygen atoms in total. The molecule has 1 rings (SSSR count). The number of hydrogen-bond donors (Lipinski definition) is 2. The Hall–Kier alpha value is -1.10. The molecular weight excluding hydrogens is 170 g/mol. The Balaban J connectivity index is 2.59. The quantitative estimate of drug-likeness (QED) is 0.625. The highest BCUT2D eigenvalue weighted by atomic mass is 16.2. The molecule has 5 heteroatoms. The molecule has 1 fully saturated rings. The van der Waals surface area contributed by atoms with Crippen LogP contribution < -0.4 is 10.6 Å². The monoisotopic (exact) mass is 185 g/mol. The van der Waals surface area contributed by atoms with Crippen LogP contribution in [0.2, 0.25) is 0 Å². The Kier molecular flexibility index (Phi) is 3.25. The van der Waals surface area contributed by atoms with E-state index < -0.39 is 6.03 Å². The molecule has 0 bridgehead atoms. The molecule has 1 aliphatic heterocycles. The van der Waals surface area contributed by atoms with Crippen LogP contribution in [0.5, 0.6) is 0 Å². The average Bonchev–Trinajstić information content (AvgIpc) is 2.10. The number of rotatable bonds is 3. The second-order valence-electron chi connectivity index (χ2n) is 2.94. The third kappa shape index (κ3) is 2.18. The van der Waals surface area contributed by atoms with E-state index in [4.69, 9.17) is 0 Å². The molecule has 0 aromatic heterocycles. The maximum atomic E-state index is 11.4. The summed E-state index contributed by atoms with van der Waals surface area (Å²) in [7, 11) is 0. The van der Waals surface area contributed by atoms with Gasteiger partial charge in [0.05, 0.1) is 0 Å². The van der Waals surface area contributed by atoms with Crippen molar-refractivity contribution in [1.82, 2.24) is 15.5 Å². The minimum atomic E-state index is -0.395. The summed E-state index contributed by atoms with van der Waals surface area (Å²) in [5.74, 6) is -0.201. The van der Waals surface area contributed by atoms with Crippen molar-refractivity contribution >= 4 is 11.9 Å². The molecule has 1 atom stereocenters. The molecule has 0 radical (unpaired) electrons. The third-order valence-electron chi connectivity index (χ3n) is 2.25. The Bertz CT molecular complexity index is 213. The summed E-state index contributed by atoms with van der Waals surface area (Å²) in [5, 5.41) is 4.85. The van der Waals surface area contributed by atoms with Crippen LogP contribution in [-0.2, 0) is 4.79 Å². The van der Waals surface area contributed by atoms with E-state index in [-0.39, 0.29) is 11.9 Å². The molecule has 13 heavy (non-hydrogen) atoms. The molecular formula is C8H15N3O2. The SMILES string of the molecule is CCN(CC)C1CNC(=O)NC1=O. The number of likely N-dealkylation sites (N-methyl/N-ethyl adjacent to an activating group) is 1. The van der Waals surface area contributed by atoms with Gasteiger partial charge in [0.1, 0.15) is 6.04 Å². The number of urea groups is 1. The summed E-state index contributed by atoms with van der Waals surface area (Å²) in [6.07, 6.45) is 0. The first-order valence-corrected chi connectivity index (χ1v) is 4.51. The zero-order chi connectivity index (χ0) is 9.84. The minimum absolute atomic E-state index is 0.201. The number of imide groups is 1. The number of amides is 3. The molecule has 1 saturated heterocycles. The second kappa shape index (κ2) is 4.23. The summed E-state index contributed by atoms with van der Waals surface area (Å²) in [6, 6.07) is -0.610. The molecule has 3 amide bonds. The normalized spacial score (nSPS) is 22.8. The minimum Gasteiger partial charge on any atom is -0.336 e. The van der Waals surface area contributed by atoms with Gasteiger partial charge in [-0.05, 0) is 13.1 Å².